The van der Waals surface area contributed by atoms with Crippen LogP contribution in [-0.4, -0.2) is 37.1 Å². The molecule has 0 aliphatic carbocycles. The van der Waals surface area contributed by atoms with Crippen molar-refractivity contribution < 1.29 is 47.6 Å². The van der Waals surface area contributed by atoms with Crippen LogP contribution in [0.15, 0.2) is 134 Å². The Labute approximate surface area is 396 Å². The van der Waals surface area contributed by atoms with Crippen LogP contribution in [0.1, 0.15) is 164 Å². The van der Waals surface area contributed by atoms with Crippen LogP contribution in [0.2, 0.25) is 0 Å². The lowest BCUT2D eigenvalue weighted by molar-refractivity contribution is 0.0723. The summed E-state index contributed by atoms with van der Waals surface area (Å²) in [6.45, 7) is 7.27. The van der Waals surface area contributed by atoms with Crippen molar-refractivity contribution in [1.82, 2.24) is 0 Å². The lowest BCUT2D eigenvalue weighted by Gasteiger charge is -2.09. The van der Waals surface area contributed by atoms with Gasteiger partial charge in [-0.25, -0.2) is 19.2 Å². The summed E-state index contributed by atoms with van der Waals surface area (Å²) in [5, 5.41) is 0. The quantitative estimate of drug-likeness (QED) is 0.0184. The molecule has 0 aliphatic heterocycles. The van der Waals surface area contributed by atoms with E-state index in [0.29, 0.717) is 35.8 Å². The fraction of sp³-hybridized carbons (Fsp3) is 0.368. The molecule has 0 spiro atoms. The molecule has 5 aromatic rings. The zero-order valence-electron chi connectivity index (χ0n) is 39.1. The molecule has 0 aromatic heterocycles. The molecule has 5 rings (SSSR count). The van der Waals surface area contributed by atoms with E-state index in [1.54, 1.807) is 66.7 Å². The van der Waals surface area contributed by atoms with Crippen LogP contribution in [0.5, 0.6) is 34.5 Å². The summed E-state index contributed by atoms with van der Waals surface area (Å²) >= 11 is 0. The number of rotatable bonds is 31. The van der Waals surface area contributed by atoms with E-state index in [2.05, 4.69) is 13.5 Å². The van der Waals surface area contributed by atoms with Gasteiger partial charge in [-0.3, -0.25) is 0 Å². The maximum Gasteiger partial charge on any atom is 0.343 e. The Balaban J connectivity index is 0.981. The highest BCUT2D eigenvalue weighted by atomic mass is 16.6. The third-order valence-electron chi connectivity index (χ3n) is 11.1. The fourth-order valence-electron chi connectivity index (χ4n) is 7.20. The van der Waals surface area contributed by atoms with E-state index in [1.165, 1.54) is 138 Å². The Bertz CT molecular complexity index is 2250. The first-order chi connectivity index (χ1) is 32.8. The number of hydrogen-bond acceptors (Lipinski definition) is 10. The van der Waals surface area contributed by atoms with Crippen molar-refractivity contribution in [1.29, 1.82) is 0 Å². The van der Waals surface area contributed by atoms with Crippen LogP contribution >= 0.6 is 0 Å². The van der Waals surface area contributed by atoms with Gasteiger partial charge in [0.05, 0.1) is 35.5 Å². The predicted octanol–water partition coefficient (Wildman–Crippen LogP) is 14.5. The monoisotopic (exact) mass is 910 g/mol. The van der Waals surface area contributed by atoms with Gasteiger partial charge < -0.3 is 28.4 Å². The Morgan fingerprint density at radius 3 is 1.01 bits per heavy atom. The number of benzene rings is 5. The van der Waals surface area contributed by atoms with Gasteiger partial charge in [0.1, 0.15) is 34.5 Å². The van der Waals surface area contributed by atoms with Crippen LogP contribution < -0.4 is 28.4 Å². The first kappa shape index (κ1) is 51.3. The average molecular weight is 911 g/mol. The van der Waals surface area contributed by atoms with Crippen molar-refractivity contribution >= 4 is 23.9 Å². The van der Waals surface area contributed by atoms with Gasteiger partial charge in [-0.1, -0.05) is 109 Å². The van der Waals surface area contributed by atoms with Crippen molar-refractivity contribution in [2.24, 2.45) is 0 Å². The van der Waals surface area contributed by atoms with Crippen LogP contribution in [0.25, 0.3) is 0 Å². The van der Waals surface area contributed by atoms with Crippen LogP contribution in [-0.2, 0) is 0 Å². The van der Waals surface area contributed by atoms with Crippen molar-refractivity contribution in [3.8, 4) is 34.5 Å². The zero-order valence-corrected chi connectivity index (χ0v) is 39.1. The topological polar surface area (TPSA) is 124 Å². The van der Waals surface area contributed by atoms with Gasteiger partial charge in [0.2, 0.25) is 0 Å². The second-order valence-electron chi connectivity index (χ2n) is 16.6. The number of carbonyl (C=O) groups is 4. The van der Waals surface area contributed by atoms with E-state index in [0.717, 1.165) is 32.1 Å². The summed E-state index contributed by atoms with van der Waals surface area (Å²) < 4.78 is 33.8. The van der Waals surface area contributed by atoms with Crippen molar-refractivity contribution in [2.75, 3.05) is 13.2 Å². The van der Waals surface area contributed by atoms with Gasteiger partial charge in [-0.15, -0.1) is 6.58 Å². The first-order valence-electron chi connectivity index (χ1n) is 24.1. The Kier molecular flexibility index (Phi) is 22.8. The summed E-state index contributed by atoms with van der Waals surface area (Å²) in [6.07, 6.45) is 24.0. The molecule has 0 N–H and O–H groups in total. The molecule has 5 aromatic carbocycles. The maximum absolute atomic E-state index is 13.0. The van der Waals surface area contributed by atoms with E-state index in [9.17, 15) is 19.2 Å². The van der Waals surface area contributed by atoms with Gasteiger partial charge in [-0.2, -0.15) is 0 Å². The predicted molar refractivity (Wildman–Crippen MR) is 262 cm³/mol. The van der Waals surface area contributed by atoms with Gasteiger partial charge in [0.15, 0.2) is 0 Å². The molecule has 0 atom stereocenters. The number of allylic oxidation sites excluding steroid dienone is 1. The molecule has 0 bridgehead atoms. The molecule has 0 unspecified atom stereocenters. The van der Waals surface area contributed by atoms with E-state index >= 15 is 0 Å². The molecule has 0 amide bonds. The summed E-state index contributed by atoms with van der Waals surface area (Å²) in [5.41, 5.74) is 1.17. The van der Waals surface area contributed by atoms with Crippen LogP contribution in [0.4, 0.5) is 0 Å². The molecule has 0 saturated heterocycles. The molecule has 0 aliphatic rings. The minimum Gasteiger partial charge on any atom is -0.494 e. The van der Waals surface area contributed by atoms with Crippen molar-refractivity contribution in [2.45, 2.75) is 122 Å². The molecular weight excluding hydrogens is 845 g/mol. The van der Waals surface area contributed by atoms with Crippen LogP contribution in [0.3, 0.4) is 0 Å². The number of carbonyl (C=O) groups excluding carboxylic acids is 4. The van der Waals surface area contributed by atoms with Crippen molar-refractivity contribution in [3.05, 3.63) is 156 Å². The van der Waals surface area contributed by atoms with Gasteiger partial charge in [0, 0.05) is 6.07 Å². The summed E-state index contributed by atoms with van der Waals surface area (Å²) in [4.78, 5) is 51.5. The smallest absolute Gasteiger partial charge is 0.343 e. The molecule has 10 heteroatoms. The fourth-order valence-corrected chi connectivity index (χ4v) is 7.20. The average Bonchev–Trinajstić information content (AvgIpc) is 3.34. The highest BCUT2D eigenvalue weighted by Gasteiger charge is 2.15. The number of unbranched alkanes of at least 4 members (excludes halogenated alkanes) is 16. The minimum absolute atomic E-state index is 0.152. The van der Waals surface area contributed by atoms with E-state index < -0.39 is 23.9 Å². The van der Waals surface area contributed by atoms with E-state index in [-0.39, 0.29) is 34.1 Å². The molecule has 354 valence electrons. The van der Waals surface area contributed by atoms with Gasteiger partial charge in [0.25, 0.3) is 0 Å². The minimum atomic E-state index is -0.662. The molecule has 67 heavy (non-hydrogen) atoms. The lowest BCUT2D eigenvalue weighted by Crippen LogP contribution is -2.11. The Morgan fingerprint density at radius 2 is 0.672 bits per heavy atom. The van der Waals surface area contributed by atoms with Gasteiger partial charge in [-0.05, 0) is 135 Å². The third-order valence-corrected chi connectivity index (χ3v) is 11.1. The van der Waals surface area contributed by atoms with Gasteiger partial charge >= 0.3 is 23.9 Å². The second kappa shape index (κ2) is 29.8. The Hall–Kier alpha value is -6.68. The molecule has 0 radical (unpaired) electrons. The highest BCUT2D eigenvalue weighted by molar-refractivity contribution is 5.94. The molecule has 0 saturated carbocycles. The number of hydrogen-bond donors (Lipinski definition) is 0. The SMILES string of the molecule is C=CCCCCCCCCCOc1ccc(C(=O)Oc2ccc(C(=O)Oc3cccc(OC(=O)c4ccc(OC(=O)c5ccc(OCCCCCCCCCCCC)cc5)cc4)c3)cc2)cc1. The second-order valence-corrected chi connectivity index (χ2v) is 16.6. The molecule has 0 heterocycles. The number of ether oxygens (including phenoxy) is 6. The Morgan fingerprint density at radius 1 is 0.373 bits per heavy atom. The lowest BCUT2D eigenvalue weighted by atomic mass is 10.1. The molecular formula is C57H66O10. The summed E-state index contributed by atoms with van der Waals surface area (Å²) in [6, 6.07) is 31.8. The molecule has 10 nitrogen and oxygen atoms in total. The largest absolute Gasteiger partial charge is 0.494 e. The molecule has 0 fully saturated rings. The summed E-state index contributed by atoms with van der Waals surface area (Å²) in [5.74, 6) is -0.188. The zero-order chi connectivity index (χ0) is 47.3. The summed E-state index contributed by atoms with van der Waals surface area (Å²) in [7, 11) is 0. The number of esters is 4. The first-order valence-corrected chi connectivity index (χ1v) is 24.1. The normalized spacial score (nSPS) is 10.8. The van der Waals surface area contributed by atoms with Crippen LogP contribution in [0, 0.1) is 0 Å². The maximum atomic E-state index is 13.0. The standard InChI is InChI=1S/C57H66O10/c1-3-5-7-9-11-13-15-17-19-21-42-63-49-35-27-45(28-36-49)55(59)65-51-39-31-47(32-40-51)57(61)67-53-24-22-23-52(43-53)66-56(60)46-29-37-50(38-30-46)64-54(58)44-25-33-48(34-26-44)62-41-20-18-16-14-12-10-8-6-4-2/h4,22-40,43H,2-3,5-21,41-42H2,1H3. The van der Waals surface area contributed by atoms with Crippen molar-refractivity contribution in [3.63, 3.8) is 0 Å². The van der Waals surface area contributed by atoms with E-state index in [4.69, 9.17) is 28.4 Å². The highest BCUT2D eigenvalue weighted by Crippen LogP contribution is 2.24. The third kappa shape index (κ3) is 19.4. The van der Waals surface area contributed by atoms with E-state index in [1.807, 2.05) is 6.08 Å².